The first-order valence-electron chi connectivity index (χ1n) is 6.89. The molecule has 3 aromatic rings. The highest BCUT2D eigenvalue weighted by atomic mass is 19.2. The molecule has 0 saturated heterocycles. The molecule has 0 aliphatic rings. The number of aryl methyl sites for hydroxylation is 1. The van der Waals surface area contributed by atoms with E-state index in [-0.39, 0.29) is 12.2 Å². The fourth-order valence-electron chi connectivity index (χ4n) is 2.10. The van der Waals surface area contributed by atoms with E-state index in [0.717, 1.165) is 17.6 Å². The van der Waals surface area contributed by atoms with Crippen molar-refractivity contribution < 1.29 is 18.3 Å². The lowest BCUT2D eigenvalue weighted by molar-refractivity contribution is 0.0466. The minimum atomic E-state index is -1.10. The number of carbonyl (C=O) groups excluding carboxylic acids is 1. The Bertz CT molecular complexity index is 897. The fraction of sp³-hybridized carbons (Fsp3) is 0.118. The molecular weight excluding hydrogens is 302 g/mol. The summed E-state index contributed by atoms with van der Waals surface area (Å²) in [4.78, 5) is 20.7. The van der Waals surface area contributed by atoms with Gasteiger partial charge in [-0.05, 0) is 37.3 Å². The molecule has 2 aromatic carbocycles. The number of carbonyl (C=O) groups is 1. The van der Waals surface area contributed by atoms with Gasteiger partial charge in [-0.15, -0.1) is 0 Å². The average Bonchev–Trinajstić information content (AvgIpc) is 2.55. The highest BCUT2D eigenvalue weighted by molar-refractivity contribution is 5.89. The fourth-order valence-corrected chi connectivity index (χ4v) is 2.10. The first-order valence-corrected chi connectivity index (χ1v) is 6.89. The molecule has 116 valence electrons. The Balaban J connectivity index is 1.78. The van der Waals surface area contributed by atoms with Crippen molar-refractivity contribution in [3.05, 3.63) is 71.1 Å². The second-order valence-electron chi connectivity index (χ2n) is 4.95. The summed E-state index contributed by atoms with van der Waals surface area (Å²) in [6.45, 7) is 1.67. The van der Waals surface area contributed by atoms with Gasteiger partial charge in [-0.2, -0.15) is 0 Å². The van der Waals surface area contributed by atoms with E-state index in [1.54, 1.807) is 6.92 Å². The molecular formula is C17H12F2N2O2. The Morgan fingerprint density at radius 2 is 1.74 bits per heavy atom. The third kappa shape index (κ3) is 3.15. The van der Waals surface area contributed by atoms with Crippen LogP contribution in [0, 0.1) is 18.6 Å². The zero-order valence-corrected chi connectivity index (χ0v) is 12.2. The van der Waals surface area contributed by atoms with Crippen molar-refractivity contribution in [2.75, 3.05) is 0 Å². The predicted octanol–water partition coefficient (Wildman–Crippen LogP) is 3.57. The molecule has 6 heteroatoms. The molecule has 0 aliphatic carbocycles. The van der Waals surface area contributed by atoms with Crippen molar-refractivity contribution in [2.24, 2.45) is 0 Å². The van der Waals surface area contributed by atoms with Crippen molar-refractivity contribution in [1.82, 2.24) is 9.97 Å². The minimum absolute atomic E-state index is 0.0599. The van der Waals surface area contributed by atoms with Gasteiger partial charge in [0.05, 0.1) is 28.0 Å². The van der Waals surface area contributed by atoms with Gasteiger partial charge in [-0.25, -0.2) is 23.5 Å². The van der Waals surface area contributed by atoms with E-state index >= 15 is 0 Å². The number of hydrogen-bond acceptors (Lipinski definition) is 4. The maximum atomic E-state index is 13.1. The average molecular weight is 314 g/mol. The molecule has 0 N–H and O–H groups in total. The molecule has 0 saturated carbocycles. The highest BCUT2D eigenvalue weighted by Crippen LogP contribution is 2.14. The number of rotatable bonds is 3. The summed E-state index contributed by atoms with van der Waals surface area (Å²) in [5, 5.41) is 0. The summed E-state index contributed by atoms with van der Waals surface area (Å²) in [5.74, 6) is -2.86. The van der Waals surface area contributed by atoms with E-state index in [1.165, 1.54) is 6.07 Å². The predicted molar refractivity (Wildman–Crippen MR) is 79.8 cm³/mol. The zero-order valence-electron chi connectivity index (χ0n) is 12.2. The highest BCUT2D eigenvalue weighted by Gasteiger charge is 2.13. The van der Waals surface area contributed by atoms with Gasteiger partial charge in [0.2, 0.25) is 0 Å². The van der Waals surface area contributed by atoms with Crippen LogP contribution < -0.4 is 0 Å². The monoisotopic (exact) mass is 314 g/mol. The Morgan fingerprint density at radius 3 is 2.43 bits per heavy atom. The van der Waals surface area contributed by atoms with E-state index in [4.69, 9.17) is 4.74 Å². The number of hydrogen-bond donors (Lipinski definition) is 0. The van der Waals surface area contributed by atoms with Crippen LogP contribution in [0.4, 0.5) is 8.78 Å². The third-order valence-corrected chi connectivity index (χ3v) is 3.34. The van der Waals surface area contributed by atoms with Crippen LogP contribution in [0.2, 0.25) is 0 Å². The normalized spacial score (nSPS) is 10.7. The first kappa shape index (κ1) is 15.0. The van der Waals surface area contributed by atoms with Crippen LogP contribution in [-0.2, 0) is 11.3 Å². The lowest BCUT2D eigenvalue weighted by Gasteiger charge is -2.08. The second kappa shape index (κ2) is 6.08. The van der Waals surface area contributed by atoms with E-state index in [1.807, 2.05) is 24.3 Å². The van der Waals surface area contributed by atoms with Crippen LogP contribution in [0.5, 0.6) is 0 Å². The Morgan fingerprint density at radius 1 is 1.04 bits per heavy atom. The number of esters is 1. The van der Waals surface area contributed by atoms with Crippen molar-refractivity contribution in [3.8, 4) is 0 Å². The van der Waals surface area contributed by atoms with E-state index in [2.05, 4.69) is 9.97 Å². The maximum absolute atomic E-state index is 13.1. The summed E-state index contributed by atoms with van der Waals surface area (Å²) in [5.41, 5.74) is 2.54. The van der Waals surface area contributed by atoms with Crippen LogP contribution in [0.1, 0.15) is 21.7 Å². The van der Waals surface area contributed by atoms with Gasteiger partial charge in [-0.1, -0.05) is 12.1 Å². The summed E-state index contributed by atoms with van der Waals surface area (Å²) in [7, 11) is 0. The van der Waals surface area contributed by atoms with Crippen molar-refractivity contribution in [3.63, 3.8) is 0 Å². The second-order valence-corrected chi connectivity index (χ2v) is 4.95. The lowest BCUT2D eigenvalue weighted by Crippen LogP contribution is -2.09. The number of ether oxygens (including phenoxy) is 1. The molecule has 23 heavy (non-hydrogen) atoms. The van der Waals surface area contributed by atoms with Gasteiger partial charge in [-0.3, -0.25) is 0 Å². The molecule has 0 bridgehead atoms. The van der Waals surface area contributed by atoms with Crippen molar-refractivity contribution in [1.29, 1.82) is 0 Å². The summed E-state index contributed by atoms with van der Waals surface area (Å²) < 4.78 is 31.1. The van der Waals surface area contributed by atoms with Gasteiger partial charge in [0.25, 0.3) is 0 Å². The SMILES string of the molecule is Cc1nc2ccccc2nc1COC(=O)c1ccc(F)c(F)c1. The van der Waals surface area contributed by atoms with Crippen molar-refractivity contribution >= 4 is 17.0 Å². The molecule has 0 amide bonds. The number of para-hydroxylation sites is 2. The van der Waals surface area contributed by atoms with E-state index in [9.17, 15) is 13.6 Å². The minimum Gasteiger partial charge on any atom is -0.456 e. The number of benzene rings is 2. The number of fused-ring (bicyclic) bond motifs is 1. The standard InChI is InChI=1S/C17H12F2N2O2/c1-10-16(21-15-5-3-2-4-14(15)20-10)9-23-17(22)11-6-7-12(18)13(19)8-11/h2-8H,9H2,1H3. The van der Waals surface area contributed by atoms with Crippen LogP contribution >= 0.6 is 0 Å². The quantitative estimate of drug-likeness (QED) is 0.694. The summed E-state index contributed by atoms with van der Waals surface area (Å²) in [6, 6.07) is 10.2. The maximum Gasteiger partial charge on any atom is 0.338 e. The van der Waals surface area contributed by atoms with Crippen LogP contribution in [0.15, 0.2) is 42.5 Å². The topological polar surface area (TPSA) is 52.1 Å². The Labute approximate surface area is 130 Å². The smallest absolute Gasteiger partial charge is 0.338 e. The lowest BCUT2D eigenvalue weighted by atomic mass is 10.2. The third-order valence-electron chi connectivity index (χ3n) is 3.34. The van der Waals surface area contributed by atoms with Crippen LogP contribution in [0.25, 0.3) is 11.0 Å². The molecule has 4 nitrogen and oxygen atoms in total. The molecule has 0 radical (unpaired) electrons. The molecule has 3 rings (SSSR count). The number of halogens is 2. The number of nitrogens with zero attached hydrogens (tertiary/aromatic N) is 2. The molecule has 1 aromatic heterocycles. The molecule has 0 fully saturated rings. The Kier molecular flexibility index (Phi) is 3.97. The molecule has 0 aliphatic heterocycles. The van der Waals surface area contributed by atoms with Gasteiger partial charge in [0, 0.05) is 0 Å². The number of aromatic nitrogens is 2. The first-order chi connectivity index (χ1) is 11.0. The summed E-state index contributed by atoms with van der Waals surface area (Å²) in [6.07, 6.45) is 0. The van der Waals surface area contributed by atoms with E-state index < -0.39 is 17.6 Å². The van der Waals surface area contributed by atoms with Crippen LogP contribution in [0.3, 0.4) is 0 Å². The van der Waals surface area contributed by atoms with Crippen molar-refractivity contribution in [2.45, 2.75) is 13.5 Å². The Hall–Kier alpha value is -2.89. The van der Waals surface area contributed by atoms with Gasteiger partial charge >= 0.3 is 5.97 Å². The zero-order chi connectivity index (χ0) is 16.4. The van der Waals surface area contributed by atoms with E-state index in [0.29, 0.717) is 16.9 Å². The molecule has 1 heterocycles. The molecule has 0 atom stereocenters. The largest absolute Gasteiger partial charge is 0.456 e. The van der Waals surface area contributed by atoms with Gasteiger partial charge < -0.3 is 4.74 Å². The van der Waals surface area contributed by atoms with Gasteiger partial charge in [0.15, 0.2) is 11.6 Å². The van der Waals surface area contributed by atoms with Gasteiger partial charge in [0.1, 0.15) is 6.61 Å². The summed E-state index contributed by atoms with van der Waals surface area (Å²) >= 11 is 0. The molecule has 0 spiro atoms. The molecule has 0 unspecified atom stereocenters. The van der Waals surface area contributed by atoms with Crippen LogP contribution in [-0.4, -0.2) is 15.9 Å².